The Morgan fingerprint density at radius 3 is 2.59 bits per heavy atom. The first kappa shape index (κ1) is 13.1. The lowest BCUT2D eigenvalue weighted by molar-refractivity contribution is 0.468. The van der Waals surface area contributed by atoms with Crippen LogP contribution in [0.5, 0.6) is 0 Å². The summed E-state index contributed by atoms with van der Waals surface area (Å²) in [6.45, 7) is 4.78. The lowest BCUT2D eigenvalue weighted by Crippen LogP contribution is -2.28. The Morgan fingerprint density at radius 1 is 1.00 bits per heavy atom. The van der Waals surface area contributed by atoms with Gasteiger partial charge in [-0.1, -0.05) is 50.2 Å². The Hall–Kier alpha value is -0.300. The largest absolute Gasteiger partial charge is 0.313 e. The van der Waals surface area contributed by atoms with Crippen molar-refractivity contribution < 1.29 is 0 Å². The third-order valence-corrected chi connectivity index (χ3v) is 4.64. The van der Waals surface area contributed by atoms with Gasteiger partial charge in [-0.05, 0) is 44.6 Å². The Kier molecular flexibility index (Phi) is 5.57. The SMILES string of the molecule is CCC1CCCCCCCCC2=C1CNCC2. The monoisotopic (exact) mass is 235 g/mol. The molecule has 1 unspecified atom stereocenters. The predicted octanol–water partition coefficient (Wildman–Crippen LogP) is 4.44. The van der Waals surface area contributed by atoms with Gasteiger partial charge in [-0.15, -0.1) is 0 Å². The molecule has 0 amide bonds. The zero-order valence-electron chi connectivity index (χ0n) is 11.6. The van der Waals surface area contributed by atoms with E-state index in [0.717, 1.165) is 5.92 Å². The first-order valence-corrected chi connectivity index (χ1v) is 7.83. The van der Waals surface area contributed by atoms with Crippen molar-refractivity contribution in [3.63, 3.8) is 0 Å². The second-order valence-corrected chi connectivity index (χ2v) is 5.82. The molecule has 0 aromatic heterocycles. The molecule has 1 aliphatic carbocycles. The maximum absolute atomic E-state index is 3.59. The highest BCUT2D eigenvalue weighted by molar-refractivity contribution is 5.21. The van der Waals surface area contributed by atoms with Gasteiger partial charge in [0.05, 0.1) is 0 Å². The van der Waals surface area contributed by atoms with Crippen molar-refractivity contribution in [2.24, 2.45) is 5.92 Å². The fourth-order valence-electron chi connectivity index (χ4n) is 3.53. The molecule has 98 valence electrons. The summed E-state index contributed by atoms with van der Waals surface area (Å²) in [6, 6.07) is 0. The maximum Gasteiger partial charge on any atom is 0.0170 e. The van der Waals surface area contributed by atoms with Crippen LogP contribution >= 0.6 is 0 Å². The molecule has 0 aromatic carbocycles. The summed E-state index contributed by atoms with van der Waals surface area (Å²) >= 11 is 0. The van der Waals surface area contributed by atoms with Crippen LogP contribution < -0.4 is 5.32 Å². The molecule has 0 fully saturated rings. The predicted molar refractivity (Wildman–Crippen MR) is 75.2 cm³/mol. The van der Waals surface area contributed by atoms with Gasteiger partial charge in [0, 0.05) is 6.54 Å². The van der Waals surface area contributed by atoms with Gasteiger partial charge in [-0.3, -0.25) is 0 Å². The fourth-order valence-corrected chi connectivity index (χ4v) is 3.53. The van der Waals surface area contributed by atoms with Crippen molar-refractivity contribution in [2.75, 3.05) is 13.1 Å². The molecule has 1 heteroatoms. The van der Waals surface area contributed by atoms with Crippen molar-refractivity contribution >= 4 is 0 Å². The van der Waals surface area contributed by atoms with Gasteiger partial charge < -0.3 is 5.32 Å². The Balaban J connectivity index is 2.08. The van der Waals surface area contributed by atoms with E-state index < -0.39 is 0 Å². The highest BCUT2D eigenvalue weighted by atomic mass is 14.9. The Bertz CT molecular complexity index is 254. The van der Waals surface area contributed by atoms with E-state index in [1.807, 2.05) is 5.57 Å². The molecule has 1 atom stereocenters. The maximum atomic E-state index is 3.59. The van der Waals surface area contributed by atoms with Gasteiger partial charge in [0.15, 0.2) is 0 Å². The summed E-state index contributed by atoms with van der Waals surface area (Å²) in [6.07, 6.45) is 14.3. The average Bonchev–Trinajstić information content (AvgIpc) is 2.42. The minimum atomic E-state index is 0.885. The molecule has 2 aliphatic rings. The van der Waals surface area contributed by atoms with Crippen molar-refractivity contribution in [3.8, 4) is 0 Å². The number of hydrogen-bond acceptors (Lipinski definition) is 1. The lowest BCUT2D eigenvalue weighted by atomic mass is 9.84. The molecule has 0 radical (unpaired) electrons. The topological polar surface area (TPSA) is 12.0 Å². The van der Waals surface area contributed by atoms with Gasteiger partial charge in [-0.2, -0.15) is 0 Å². The van der Waals surface area contributed by atoms with Gasteiger partial charge in [0.25, 0.3) is 0 Å². The normalized spacial score (nSPS) is 28.4. The van der Waals surface area contributed by atoms with E-state index in [2.05, 4.69) is 12.2 Å². The highest BCUT2D eigenvalue weighted by Gasteiger charge is 2.19. The summed E-state index contributed by atoms with van der Waals surface area (Å²) in [5.41, 5.74) is 3.64. The van der Waals surface area contributed by atoms with Crippen LogP contribution in [-0.2, 0) is 0 Å². The Morgan fingerprint density at radius 2 is 1.76 bits per heavy atom. The standard InChI is InChI=1S/C16H29N/c1-2-14-9-7-5-3-4-6-8-10-15-11-12-17-13-16(14)15/h14,17H,2-13H2,1H3. The molecule has 1 N–H and O–H groups in total. The van der Waals surface area contributed by atoms with Gasteiger partial charge >= 0.3 is 0 Å². The molecule has 0 bridgehead atoms. The lowest BCUT2D eigenvalue weighted by Gasteiger charge is -2.27. The van der Waals surface area contributed by atoms with E-state index in [4.69, 9.17) is 0 Å². The Labute approximate surface area is 107 Å². The van der Waals surface area contributed by atoms with Crippen molar-refractivity contribution in [1.82, 2.24) is 5.32 Å². The van der Waals surface area contributed by atoms with Crippen molar-refractivity contribution in [1.29, 1.82) is 0 Å². The van der Waals surface area contributed by atoms with E-state index >= 15 is 0 Å². The number of hydrogen-bond donors (Lipinski definition) is 1. The van der Waals surface area contributed by atoms with Crippen molar-refractivity contribution in [3.05, 3.63) is 11.1 Å². The summed E-state index contributed by atoms with van der Waals surface area (Å²) < 4.78 is 0. The van der Waals surface area contributed by atoms with Crippen LogP contribution in [-0.4, -0.2) is 13.1 Å². The van der Waals surface area contributed by atoms with Crippen LogP contribution in [0.4, 0.5) is 0 Å². The average molecular weight is 235 g/mol. The first-order valence-electron chi connectivity index (χ1n) is 7.83. The molecular weight excluding hydrogens is 206 g/mol. The minimum absolute atomic E-state index is 0.885. The molecule has 0 aromatic rings. The van der Waals surface area contributed by atoms with Crippen LogP contribution in [0.25, 0.3) is 0 Å². The van der Waals surface area contributed by atoms with E-state index in [9.17, 15) is 0 Å². The van der Waals surface area contributed by atoms with Gasteiger partial charge in [0.2, 0.25) is 0 Å². The summed E-state index contributed by atoms with van der Waals surface area (Å²) in [7, 11) is 0. The van der Waals surface area contributed by atoms with E-state index in [0.29, 0.717) is 0 Å². The zero-order valence-corrected chi connectivity index (χ0v) is 11.6. The van der Waals surface area contributed by atoms with Crippen LogP contribution in [0.15, 0.2) is 11.1 Å². The van der Waals surface area contributed by atoms with Gasteiger partial charge in [-0.25, -0.2) is 0 Å². The quantitative estimate of drug-likeness (QED) is 0.663. The molecule has 17 heavy (non-hydrogen) atoms. The molecule has 1 heterocycles. The summed E-state index contributed by atoms with van der Waals surface area (Å²) in [5.74, 6) is 0.885. The van der Waals surface area contributed by atoms with E-state index in [1.165, 1.54) is 77.3 Å². The second-order valence-electron chi connectivity index (χ2n) is 5.82. The molecule has 0 spiro atoms. The van der Waals surface area contributed by atoms with E-state index in [1.54, 1.807) is 5.57 Å². The highest BCUT2D eigenvalue weighted by Crippen LogP contribution is 2.31. The third kappa shape index (κ3) is 3.84. The summed E-state index contributed by atoms with van der Waals surface area (Å²) in [5, 5.41) is 3.59. The first-order chi connectivity index (χ1) is 8.42. The molecule has 0 saturated heterocycles. The smallest absolute Gasteiger partial charge is 0.0170 e. The zero-order chi connectivity index (χ0) is 11.9. The van der Waals surface area contributed by atoms with Crippen molar-refractivity contribution in [2.45, 2.75) is 71.1 Å². The number of nitrogens with one attached hydrogen (secondary N) is 1. The van der Waals surface area contributed by atoms with Crippen LogP contribution in [0.1, 0.15) is 71.1 Å². The third-order valence-electron chi connectivity index (χ3n) is 4.64. The van der Waals surface area contributed by atoms with Crippen LogP contribution in [0.2, 0.25) is 0 Å². The molecule has 1 nitrogen and oxygen atoms in total. The molecule has 0 saturated carbocycles. The summed E-state index contributed by atoms with van der Waals surface area (Å²) in [4.78, 5) is 0. The molecular formula is C16H29N. The minimum Gasteiger partial charge on any atom is -0.313 e. The second kappa shape index (κ2) is 7.20. The molecule has 1 aliphatic heterocycles. The molecule has 2 rings (SSSR count). The number of rotatable bonds is 1. The van der Waals surface area contributed by atoms with E-state index in [-0.39, 0.29) is 0 Å². The van der Waals surface area contributed by atoms with Gasteiger partial charge in [0.1, 0.15) is 0 Å². The fraction of sp³-hybridized carbons (Fsp3) is 0.875. The van der Waals surface area contributed by atoms with Crippen LogP contribution in [0, 0.1) is 5.92 Å². The van der Waals surface area contributed by atoms with Crippen LogP contribution in [0.3, 0.4) is 0 Å².